The number of nitrogens with zero attached hydrogens (tertiary/aromatic N) is 3. The number of rotatable bonds is 5. The van der Waals surface area contributed by atoms with Gasteiger partial charge >= 0.3 is 0 Å². The lowest BCUT2D eigenvalue weighted by atomic mass is 9.72. The number of carbonyl (C=O) groups is 1. The number of amides is 1. The van der Waals surface area contributed by atoms with Gasteiger partial charge in [-0.05, 0) is 38.5 Å². The Balaban J connectivity index is 1.60. The lowest BCUT2D eigenvalue weighted by molar-refractivity contribution is -0.138. The van der Waals surface area contributed by atoms with Crippen LogP contribution in [0.25, 0.3) is 0 Å². The number of carbonyl (C=O) groups excluding carboxylic acids is 1. The Morgan fingerprint density at radius 2 is 2.00 bits per heavy atom. The monoisotopic (exact) mass is 368 g/mol. The molecule has 0 unspecified atom stereocenters. The summed E-state index contributed by atoms with van der Waals surface area (Å²) in [5.41, 5.74) is 1.11. The molecule has 25 heavy (non-hydrogen) atoms. The Hall–Kier alpha value is -1.41. The van der Waals surface area contributed by atoms with E-state index in [0.29, 0.717) is 26.1 Å². The minimum Gasteiger partial charge on any atom is -0.348 e. The SMILES string of the molecule is CC(C)S(=O)(=O)N1CCC2(CCC(=O)N(CCc3cnc[nH]3)C2)CC1. The molecular formula is C17H28N4O3S. The predicted molar refractivity (Wildman–Crippen MR) is 95.4 cm³/mol. The van der Waals surface area contributed by atoms with Crippen LogP contribution in [0.3, 0.4) is 0 Å². The topological polar surface area (TPSA) is 86.4 Å². The highest BCUT2D eigenvalue weighted by Crippen LogP contribution is 2.41. The molecule has 7 nitrogen and oxygen atoms in total. The predicted octanol–water partition coefficient (Wildman–Crippen LogP) is 1.39. The van der Waals surface area contributed by atoms with E-state index in [9.17, 15) is 13.2 Å². The van der Waals surface area contributed by atoms with E-state index in [2.05, 4.69) is 9.97 Å². The summed E-state index contributed by atoms with van der Waals surface area (Å²) >= 11 is 0. The second kappa shape index (κ2) is 7.07. The molecule has 2 fully saturated rings. The van der Waals surface area contributed by atoms with Crippen molar-refractivity contribution in [2.75, 3.05) is 26.2 Å². The number of likely N-dealkylation sites (tertiary alicyclic amines) is 1. The quantitative estimate of drug-likeness (QED) is 0.851. The Labute approximate surface area is 149 Å². The number of aromatic amines is 1. The first-order chi connectivity index (χ1) is 11.8. The summed E-state index contributed by atoms with van der Waals surface area (Å²) in [7, 11) is -3.18. The Kier molecular flexibility index (Phi) is 5.20. The van der Waals surface area contributed by atoms with Gasteiger partial charge in [-0.15, -0.1) is 0 Å². The maximum atomic E-state index is 12.4. The third-order valence-corrected chi connectivity index (χ3v) is 7.97. The summed E-state index contributed by atoms with van der Waals surface area (Å²) < 4.78 is 26.4. The zero-order valence-electron chi connectivity index (χ0n) is 15.1. The minimum atomic E-state index is -3.18. The Morgan fingerprint density at radius 3 is 2.60 bits per heavy atom. The number of hydrogen-bond acceptors (Lipinski definition) is 4. The van der Waals surface area contributed by atoms with Crippen molar-refractivity contribution in [1.82, 2.24) is 19.2 Å². The van der Waals surface area contributed by atoms with E-state index in [0.717, 1.165) is 37.9 Å². The molecular weight excluding hydrogens is 340 g/mol. The molecule has 1 aromatic rings. The van der Waals surface area contributed by atoms with Gasteiger partial charge in [0.2, 0.25) is 15.9 Å². The highest BCUT2D eigenvalue weighted by atomic mass is 32.2. The van der Waals surface area contributed by atoms with E-state index in [4.69, 9.17) is 0 Å². The van der Waals surface area contributed by atoms with Gasteiger partial charge in [-0.3, -0.25) is 4.79 Å². The van der Waals surface area contributed by atoms with Crippen LogP contribution in [-0.4, -0.2) is 64.9 Å². The molecule has 1 N–H and O–H groups in total. The largest absolute Gasteiger partial charge is 0.348 e. The number of piperidine rings is 2. The molecule has 2 saturated heterocycles. The van der Waals surface area contributed by atoms with Crippen LogP contribution in [0.2, 0.25) is 0 Å². The molecule has 1 amide bonds. The number of nitrogens with one attached hydrogen (secondary N) is 1. The molecule has 1 aromatic heterocycles. The van der Waals surface area contributed by atoms with E-state index in [1.807, 2.05) is 4.90 Å². The summed E-state index contributed by atoms with van der Waals surface area (Å²) in [6.45, 7) is 6.05. The molecule has 3 rings (SSSR count). The van der Waals surface area contributed by atoms with Crippen LogP contribution < -0.4 is 0 Å². The Morgan fingerprint density at radius 1 is 1.28 bits per heavy atom. The highest BCUT2D eigenvalue weighted by molar-refractivity contribution is 7.89. The van der Waals surface area contributed by atoms with Crippen LogP contribution in [0, 0.1) is 5.41 Å². The van der Waals surface area contributed by atoms with E-state index in [-0.39, 0.29) is 16.6 Å². The number of hydrogen-bond donors (Lipinski definition) is 1. The van der Waals surface area contributed by atoms with Crippen molar-refractivity contribution >= 4 is 15.9 Å². The maximum absolute atomic E-state index is 12.4. The van der Waals surface area contributed by atoms with Crippen LogP contribution in [0.15, 0.2) is 12.5 Å². The normalized spacial score (nSPS) is 22.0. The van der Waals surface area contributed by atoms with Crippen molar-refractivity contribution in [2.45, 2.75) is 51.2 Å². The third kappa shape index (κ3) is 3.89. The van der Waals surface area contributed by atoms with E-state index in [1.54, 1.807) is 30.7 Å². The summed E-state index contributed by atoms with van der Waals surface area (Å²) in [4.78, 5) is 21.3. The van der Waals surface area contributed by atoms with Gasteiger partial charge in [0.15, 0.2) is 0 Å². The van der Waals surface area contributed by atoms with E-state index in [1.165, 1.54) is 0 Å². The average Bonchev–Trinajstić information content (AvgIpc) is 3.10. The molecule has 140 valence electrons. The molecule has 0 bridgehead atoms. The van der Waals surface area contributed by atoms with Crippen molar-refractivity contribution in [3.05, 3.63) is 18.2 Å². The molecule has 0 radical (unpaired) electrons. The molecule has 3 heterocycles. The first-order valence-electron chi connectivity index (χ1n) is 9.06. The fourth-order valence-corrected chi connectivity index (χ4v) is 5.19. The molecule has 1 spiro atoms. The second-order valence-electron chi connectivity index (χ2n) is 7.63. The fraction of sp³-hybridized carbons (Fsp3) is 0.765. The molecule has 0 atom stereocenters. The van der Waals surface area contributed by atoms with Crippen LogP contribution >= 0.6 is 0 Å². The molecule has 2 aliphatic heterocycles. The zero-order valence-corrected chi connectivity index (χ0v) is 15.9. The third-order valence-electron chi connectivity index (χ3n) is 5.69. The van der Waals surface area contributed by atoms with Crippen molar-refractivity contribution in [3.63, 3.8) is 0 Å². The molecule has 0 aliphatic carbocycles. The van der Waals surface area contributed by atoms with Gasteiger partial charge < -0.3 is 9.88 Å². The lowest BCUT2D eigenvalue weighted by Crippen LogP contribution is -2.53. The zero-order chi connectivity index (χ0) is 18.1. The van der Waals surface area contributed by atoms with Crippen molar-refractivity contribution in [2.24, 2.45) is 5.41 Å². The highest BCUT2D eigenvalue weighted by Gasteiger charge is 2.43. The summed E-state index contributed by atoms with van der Waals surface area (Å²) in [5.74, 6) is 0.211. The Bertz CT molecular complexity index is 691. The molecule has 0 saturated carbocycles. The van der Waals surface area contributed by atoms with Gasteiger partial charge in [-0.2, -0.15) is 0 Å². The molecule has 0 aromatic carbocycles. The second-order valence-corrected chi connectivity index (χ2v) is 10.1. The van der Waals surface area contributed by atoms with Gasteiger partial charge in [0.1, 0.15) is 0 Å². The first kappa shape index (κ1) is 18.4. The number of H-pyrrole nitrogens is 1. The van der Waals surface area contributed by atoms with Gasteiger partial charge in [0.05, 0.1) is 11.6 Å². The van der Waals surface area contributed by atoms with Gasteiger partial charge in [0, 0.05) is 50.9 Å². The number of imidazole rings is 1. The van der Waals surface area contributed by atoms with Crippen LogP contribution in [0.4, 0.5) is 0 Å². The van der Waals surface area contributed by atoms with Crippen molar-refractivity contribution in [3.8, 4) is 0 Å². The number of sulfonamides is 1. The summed E-state index contributed by atoms with van der Waals surface area (Å²) in [6, 6.07) is 0. The van der Waals surface area contributed by atoms with Crippen LogP contribution in [0.5, 0.6) is 0 Å². The molecule has 8 heteroatoms. The standard InChI is InChI=1S/C17H28N4O3S/c1-14(2)25(23,24)21-9-6-17(7-10-21)5-3-16(22)20(12-17)8-4-15-11-18-13-19-15/h11,13-14H,3-10,12H2,1-2H3,(H,18,19). The minimum absolute atomic E-state index is 0.0743. The maximum Gasteiger partial charge on any atom is 0.222 e. The van der Waals surface area contributed by atoms with Gasteiger partial charge in [-0.25, -0.2) is 17.7 Å². The number of aromatic nitrogens is 2. The fourth-order valence-electron chi connectivity index (χ4n) is 3.90. The average molecular weight is 369 g/mol. The summed E-state index contributed by atoms with van der Waals surface area (Å²) in [5, 5.41) is -0.375. The summed E-state index contributed by atoms with van der Waals surface area (Å²) in [6.07, 6.45) is 7.34. The smallest absolute Gasteiger partial charge is 0.222 e. The molecule has 2 aliphatic rings. The van der Waals surface area contributed by atoms with E-state index >= 15 is 0 Å². The van der Waals surface area contributed by atoms with Crippen LogP contribution in [0.1, 0.15) is 45.2 Å². The lowest BCUT2D eigenvalue weighted by Gasteiger charge is -2.47. The first-order valence-corrected chi connectivity index (χ1v) is 10.6. The van der Waals surface area contributed by atoms with Gasteiger partial charge in [-0.1, -0.05) is 0 Å². The van der Waals surface area contributed by atoms with Crippen molar-refractivity contribution < 1.29 is 13.2 Å². The van der Waals surface area contributed by atoms with Crippen LogP contribution in [-0.2, 0) is 21.2 Å². The van der Waals surface area contributed by atoms with Crippen molar-refractivity contribution in [1.29, 1.82) is 0 Å². The van der Waals surface area contributed by atoms with Gasteiger partial charge in [0.25, 0.3) is 0 Å². The van der Waals surface area contributed by atoms with E-state index < -0.39 is 10.0 Å².